The zero-order valence-electron chi connectivity index (χ0n) is 11.0. The first-order valence-electron chi connectivity index (χ1n) is 6.36. The van der Waals surface area contributed by atoms with Gasteiger partial charge in [0.05, 0.1) is 0 Å². The summed E-state index contributed by atoms with van der Waals surface area (Å²) in [6, 6.07) is 8.36. The molecule has 0 aliphatic heterocycles. The van der Waals surface area contributed by atoms with Gasteiger partial charge in [-0.05, 0) is 37.6 Å². The summed E-state index contributed by atoms with van der Waals surface area (Å²) >= 11 is 3.41. The molecule has 100 valence electrons. The zero-order chi connectivity index (χ0) is 13.4. The van der Waals surface area contributed by atoms with Gasteiger partial charge in [0.2, 0.25) is 5.91 Å². The average Bonchev–Trinajstić information content (AvgIpc) is 2.32. The third-order valence-corrected chi connectivity index (χ3v) is 3.17. The highest BCUT2D eigenvalue weighted by atomic mass is 79.9. The van der Waals surface area contributed by atoms with Crippen LogP contribution in [0.15, 0.2) is 28.7 Å². The molecule has 1 rings (SSSR count). The van der Waals surface area contributed by atoms with Crippen LogP contribution in [0.5, 0.6) is 0 Å². The molecule has 0 saturated carbocycles. The molecule has 2 N–H and O–H groups in total. The lowest BCUT2D eigenvalue weighted by atomic mass is 10.1. The second kappa shape index (κ2) is 8.27. The van der Waals surface area contributed by atoms with Crippen molar-refractivity contribution < 1.29 is 4.79 Å². The molecule has 0 heterocycles. The van der Waals surface area contributed by atoms with E-state index in [4.69, 9.17) is 0 Å². The van der Waals surface area contributed by atoms with Crippen LogP contribution in [-0.4, -0.2) is 25.0 Å². The summed E-state index contributed by atoms with van der Waals surface area (Å²) < 4.78 is 1.08. The average molecular weight is 313 g/mol. The zero-order valence-corrected chi connectivity index (χ0v) is 12.6. The van der Waals surface area contributed by atoms with Gasteiger partial charge in [-0.25, -0.2) is 0 Å². The molecule has 0 aromatic heterocycles. The summed E-state index contributed by atoms with van der Waals surface area (Å²) in [6.45, 7) is 5.72. The fourth-order valence-corrected chi connectivity index (χ4v) is 2.02. The van der Waals surface area contributed by atoms with Crippen LogP contribution in [0.3, 0.4) is 0 Å². The fraction of sp³-hybridized carbons (Fsp3) is 0.500. The Hall–Kier alpha value is -0.870. The van der Waals surface area contributed by atoms with E-state index in [-0.39, 0.29) is 11.9 Å². The summed E-state index contributed by atoms with van der Waals surface area (Å²) in [7, 11) is 0. The lowest BCUT2D eigenvalue weighted by molar-refractivity contribution is -0.121. The number of carbonyl (C=O) groups excluding carboxylic acids is 1. The molecule has 1 aromatic rings. The maximum atomic E-state index is 11.6. The van der Waals surface area contributed by atoms with E-state index in [1.807, 2.05) is 26.0 Å². The molecule has 4 heteroatoms. The predicted molar refractivity (Wildman–Crippen MR) is 78.6 cm³/mol. The highest BCUT2D eigenvalue weighted by molar-refractivity contribution is 9.10. The molecule has 1 aromatic carbocycles. The van der Waals surface area contributed by atoms with Crippen LogP contribution in [0.25, 0.3) is 0 Å². The Balaban J connectivity index is 2.30. The normalized spacial score (nSPS) is 12.2. The maximum absolute atomic E-state index is 11.6. The second-order valence-corrected chi connectivity index (χ2v) is 5.32. The first-order valence-corrected chi connectivity index (χ1v) is 7.15. The van der Waals surface area contributed by atoms with Crippen molar-refractivity contribution in [1.82, 2.24) is 10.6 Å². The van der Waals surface area contributed by atoms with Crippen LogP contribution >= 0.6 is 15.9 Å². The van der Waals surface area contributed by atoms with E-state index in [0.29, 0.717) is 6.42 Å². The highest BCUT2D eigenvalue weighted by Gasteiger charge is 2.07. The molecule has 1 atom stereocenters. The molecule has 0 bridgehead atoms. The summed E-state index contributed by atoms with van der Waals surface area (Å²) in [4.78, 5) is 11.6. The SMILES string of the molecule is CCNCCC(=O)NC(C)Cc1ccc(Br)cc1. The van der Waals surface area contributed by atoms with E-state index in [9.17, 15) is 4.79 Å². The van der Waals surface area contributed by atoms with Crippen molar-refractivity contribution in [2.24, 2.45) is 0 Å². The lowest BCUT2D eigenvalue weighted by Crippen LogP contribution is -2.35. The van der Waals surface area contributed by atoms with Gasteiger partial charge in [-0.15, -0.1) is 0 Å². The van der Waals surface area contributed by atoms with E-state index < -0.39 is 0 Å². The van der Waals surface area contributed by atoms with Crippen molar-refractivity contribution >= 4 is 21.8 Å². The molecule has 1 unspecified atom stereocenters. The van der Waals surface area contributed by atoms with Crippen LogP contribution < -0.4 is 10.6 Å². The number of carbonyl (C=O) groups is 1. The highest BCUT2D eigenvalue weighted by Crippen LogP contribution is 2.11. The van der Waals surface area contributed by atoms with Crippen LogP contribution in [0, 0.1) is 0 Å². The van der Waals surface area contributed by atoms with Crippen LogP contribution in [-0.2, 0) is 11.2 Å². The van der Waals surface area contributed by atoms with Crippen LogP contribution in [0.1, 0.15) is 25.8 Å². The number of halogens is 1. The van der Waals surface area contributed by atoms with Gasteiger partial charge < -0.3 is 10.6 Å². The van der Waals surface area contributed by atoms with Crippen molar-refractivity contribution in [3.63, 3.8) is 0 Å². The summed E-state index contributed by atoms with van der Waals surface area (Å²) in [5.41, 5.74) is 1.23. The Kier molecular flexibility index (Phi) is 6.98. The number of hydrogen-bond donors (Lipinski definition) is 2. The largest absolute Gasteiger partial charge is 0.353 e. The van der Waals surface area contributed by atoms with Gasteiger partial charge >= 0.3 is 0 Å². The van der Waals surface area contributed by atoms with Gasteiger partial charge in [-0.1, -0.05) is 35.0 Å². The minimum Gasteiger partial charge on any atom is -0.353 e. The number of rotatable bonds is 7. The molecule has 0 aliphatic carbocycles. The van der Waals surface area contributed by atoms with Crippen molar-refractivity contribution in [2.75, 3.05) is 13.1 Å². The lowest BCUT2D eigenvalue weighted by Gasteiger charge is -2.14. The van der Waals surface area contributed by atoms with Gasteiger partial charge in [0.25, 0.3) is 0 Å². The van der Waals surface area contributed by atoms with E-state index >= 15 is 0 Å². The minimum atomic E-state index is 0.112. The van der Waals surface area contributed by atoms with E-state index in [1.165, 1.54) is 5.56 Å². The fourth-order valence-electron chi connectivity index (χ4n) is 1.75. The Morgan fingerprint density at radius 2 is 2.00 bits per heavy atom. The third kappa shape index (κ3) is 6.17. The van der Waals surface area contributed by atoms with Crippen molar-refractivity contribution in [2.45, 2.75) is 32.7 Å². The smallest absolute Gasteiger partial charge is 0.221 e. The summed E-state index contributed by atoms with van der Waals surface area (Å²) in [6.07, 6.45) is 1.40. The topological polar surface area (TPSA) is 41.1 Å². The number of nitrogens with one attached hydrogen (secondary N) is 2. The van der Waals surface area contributed by atoms with E-state index in [1.54, 1.807) is 0 Å². The Labute approximate surface area is 117 Å². The molecule has 0 fully saturated rings. The quantitative estimate of drug-likeness (QED) is 0.760. The molecule has 0 aliphatic rings. The van der Waals surface area contributed by atoms with Gasteiger partial charge in [-0.3, -0.25) is 4.79 Å². The molecular formula is C14H21BrN2O. The van der Waals surface area contributed by atoms with Gasteiger partial charge in [0.15, 0.2) is 0 Å². The molecule has 3 nitrogen and oxygen atoms in total. The monoisotopic (exact) mass is 312 g/mol. The number of hydrogen-bond acceptors (Lipinski definition) is 2. The van der Waals surface area contributed by atoms with Crippen molar-refractivity contribution in [1.29, 1.82) is 0 Å². The molecular weight excluding hydrogens is 292 g/mol. The first-order chi connectivity index (χ1) is 8.61. The van der Waals surface area contributed by atoms with Gasteiger partial charge in [0.1, 0.15) is 0 Å². The van der Waals surface area contributed by atoms with Crippen molar-refractivity contribution in [3.8, 4) is 0 Å². The van der Waals surface area contributed by atoms with Crippen molar-refractivity contribution in [3.05, 3.63) is 34.3 Å². The molecule has 18 heavy (non-hydrogen) atoms. The van der Waals surface area contributed by atoms with E-state index in [0.717, 1.165) is 24.0 Å². The summed E-state index contributed by atoms with van der Waals surface area (Å²) in [5.74, 6) is 0.112. The minimum absolute atomic E-state index is 0.112. The standard InChI is InChI=1S/C14H21BrN2O/c1-3-16-9-8-14(18)17-11(2)10-12-4-6-13(15)7-5-12/h4-7,11,16H,3,8-10H2,1-2H3,(H,17,18). The third-order valence-electron chi connectivity index (χ3n) is 2.64. The predicted octanol–water partition coefficient (Wildman–Crippen LogP) is 2.50. The Bertz CT molecular complexity index is 365. The number of amides is 1. The second-order valence-electron chi connectivity index (χ2n) is 4.40. The molecule has 0 saturated heterocycles. The van der Waals surface area contributed by atoms with E-state index in [2.05, 4.69) is 38.7 Å². The van der Waals surface area contributed by atoms with Crippen LogP contribution in [0.4, 0.5) is 0 Å². The van der Waals surface area contributed by atoms with Gasteiger partial charge in [0, 0.05) is 23.5 Å². The van der Waals surface area contributed by atoms with Crippen LogP contribution in [0.2, 0.25) is 0 Å². The molecule has 0 spiro atoms. The summed E-state index contributed by atoms with van der Waals surface area (Å²) in [5, 5.41) is 6.15. The Morgan fingerprint density at radius 3 is 2.61 bits per heavy atom. The maximum Gasteiger partial charge on any atom is 0.221 e. The number of benzene rings is 1. The Morgan fingerprint density at radius 1 is 1.33 bits per heavy atom. The first kappa shape index (κ1) is 15.2. The van der Waals surface area contributed by atoms with Gasteiger partial charge in [-0.2, -0.15) is 0 Å². The molecule has 1 amide bonds. The molecule has 0 radical (unpaired) electrons.